The van der Waals surface area contributed by atoms with Gasteiger partial charge in [0.15, 0.2) is 0 Å². The molecule has 130 valence electrons. The van der Waals surface area contributed by atoms with E-state index in [1.54, 1.807) is 29.4 Å². The van der Waals surface area contributed by atoms with Crippen LogP contribution in [0.1, 0.15) is 5.56 Å². The third kappa shape index (κ3) is 3.22. The van der Waals surface area contributed by atoms with Crippen molar-refractivity contribution in [2.45, 2.75) is 10.8 Å². The van der Waals surface area contributed by atoms with Crippen LogP contribution in [0.3, 0.4) is 0 Å². The number of nitrogens with zero attached hydrogens (tertiary/aromatic N) is 2. The van der Waals surface area contributed by atoms with Gasteiger partial charge in [-0.05, 0) is 28.0 Å². The second kappa shape index (κ2) is 7.14. The molecule has 2 aromatic heterocycles. The van der Waals surface area contributed by atoms with Crippen LogP contribution >= 0.6 is 23.1 Å². The van der Waals surface area contributed by atoms with Crippen molar-refractivity contribution in [3.05, 3.63) is 90.8 Å². The molecule has 0 aliphatic rings. The third-order valence-electron chi connectivity index (χ3n) is 4.60. The average Bonchev–Trinajstić information content (AvgIpc) is 3.18. The van der Waals surface area contributed by atoms with Crippen LogP contribution in [-0.2, 0) is 5.75 Å². The standard InChI is InChI=1S/C23H16N2S2/c1-2-8-17(9-3-1)21-13-20-22(24-15-25-23(20)27-21)26-14-18-11-6-10-16-7-4-5-12-19(16)18/h1-13,15H,14H2. The molecule has 0 N–H and O–H groups in total. The average molecular weight is 385 g/mol. The van der Waals surface area contributed by atoms with E-state index in [0.29, 0.717) is 0 Å². The number of hydrogen-bond donors (Lipinski definition) is 0. The van der Waals surface area contributed by atoms with Gasteiger partial charge in [0, 0.05) is 16.0 Å². The fourth-order valence-electron chi connectivity index (χ4n) is 3.26. The second-order valence-electron chi connectivity index (χ2n) is 6.30. The summed E-state index contributed by atoms with van der Waals surface area (Å²) in [5.41, 5.74) is 2.56. The lowest BCUT2D eigenvalue weighted by Gasteiger charge is -2.06. The molecule has 0 unspecified atom stereocenters. The topological polar surface area (TPSA) is 25.8 Å². The molecule has 2 heterocycles. The first kappa shape index (κ1) is 16.5. The number of thiophene rings is 1. The van der Waals surface area contributed by atoms with Gasteiger partial charge in [0.2, 0.25) is 0 Å². The second-order valence-corrected chi connectivity index (χ2v) is 8.30. The van der Waals surface area contributed by atoms with Gasteiger partial charge in [-0.25, -0.2) is 9.97 Å². The zero-order valence-corrected chi connectivity index (χ0v) is 16.1. The highest BCUT2D eigenvalue weighted by molar-refractivity contribution is 7.98. The predicted molar refractivity (Wildman–Crippen MR) is 116 cm³/mol. The van der Waals surface area contributed by atoms with E-state index in [2.05, 4.69) is 82.8 Å². The Bertz CT molecular complexity index is 1220. The summed E-state index contributed by atoms with van der Waals surface area (Å²) in [5.74, 6) is 0.893. The maximum Gasteiger partial charge on any atom is 0.128 e. The molecule has 0 bridgehead atoms. The molecule has 0 spiro atoms. The van der Waals surface area contributed by atoms with Gasteiger partial charge in [-0.1, -0.05) is 72.8 Å². The summed E-state index contributed by atoms with van der Waals surface area (Å²) in [6.45, 7) is 0. The molecule has 0 aliphatic heterocycles. The summed E-state index contributed by atoms with van der Waals surface area (Å²) in [5, 5.41) is 4.79. The Morgan fingerprint density at radius 3 is 2.52 bits per heavy atom. The van der Waals surface area contributed by atoms with Crippen LogP contribution in [0.25, 0.3) is 31.4 Å². The molecule has 0 radical (unpaired) electrons. The molecule has 3 aromatic carbocycles. The number of thioether (sulfide) groups is 1. The summed E-state index contributed by atoms with van der Waals surface area (Å²) in [4.78, 5) is 11.3. The normalized spacial score (nSPS) is 11.3. The highest BCUT2D eigenvalue weighted by atomic mass is 32.2. The summed E-state index contributed by atoms with van der Waals surface area (Å²) in [6, 6.07) is 27.7. The van der Waals surface area contributed by atoms with Gasteiger partial charge >= 0.3 is 0 Å². The molecule has 0 fully saturated rings. The fraction of sp³-hybridized carbons (Fsp3) is 0.0435. The summed E-state index contributed by atoms with van der Waals surface area (Å²) >= 11 is 3.51. The smallest absolute Gasteiger partial charge is 0.128 e. The van der Waals surface area contributed by atoms with Crippen LogP contribution < -0.4 is 0 Å². The monoisotopic (exact) mass is 384 g/mol. The summed E-state index contributed by atoms with van der Waals surface area (Å²) in [6.07, 6.45) is 1.68. The maximum absolute atomic E-state index is 4.57. The Hall–Kier alpha value is -2.69. The largest absolute Gasteiger partial charge is 0.229 e. The highest BCUT2D eigenvalue weighted by Gasteiger charge is 2.11. The Morgan fingerprint density at radius 2 is 1.59 bits per heavy atom. The van der Waals surface area contributed by atoms with Gasteiger partial charge in [0.05, 0.1) is 0 Å². The van der Waals surface area contributed by atoms with E-state index < -0.39 is 0 Å². The van der Waals surface area contributed by atoms with Crippen LogP contribution in [0.2, 0.25) is 0 Å². The first-order chi connectivity index (χ1) is 13.4. The molecule has 0 aliphatic carbocycles. The van der Waals surface area contributed by atoms with Crippen molar-refractivity contribution < 1.29 is 0 Å². The van der Waals surface area contributed by atoms with Gasteiger partial charge in [-0.2, -0.15) is 0 Å². The Morgan fingerprint density at radius 1 is 0.778 bits per heavy atom. The number of aromatic nitrogens is 2. The first-order valence-electron chi connectivity index (χ1n) is 8.78. The Labute approximate surface area is 165 Å². The number of rotatable bonds is 4. The molecule has 0 amide bonds. The molecule has 27 heavy (non-hydrogen) atoms. The zero-order valence-electron chi connectivity index (χ0n) is 14.5. The third-order valence-corrected chi connectivity index (χ3v) is 6.74. The van der Waals surface area contributed by atoms with Crippen LogP contribution in [-0.4, -0.2) is 9.97 Å². The van der Waals surface area contributed by atoms with E-state index in [1.165, 1.54) is 26.8 Å². The van der Waals surface area contributed by atoms with E-state index in [4.69, 9.17) is 0 Å². The number of benzene rings is 3. The Kier molecular flexibility index (Phi) is 4.36. The van der Waals surface area contributed by atoms with Crippen molar-refractivity contribution in [2.24, 2.45) is 0 Å². The molecule has 5 aromatic rings. The van der Waals surface area contributed by atoms with E-state index in [9.17, 15) is 0 Å². The fourth-order valence-corrected chi connectivity index (χ4v) is 5.30. The zero-order chi connectivity index (χ0) is 18.1. The van der Waals surface area contributed by atoms with Gasteiger partial charge in [0.1, 0.15) is 16.2 Å². The van der Waals surface area contributed by atoms with E-state index in [1.807, 2.05) is 6.07 Å². The van der Waals surface area contributed by atoms with Crippen LogP contribution in [0.15, 0.2) is 90.2 Å². The number of fused-ring (bicyclic) bond motifs is 2. The number of hydrogen-bond acceptors (Lipinski definition) is 4. The van der Waals surface area contributed by atoms with Gasteiger partial charge in [-0.3, -0.25) is 0 Å². The Balaban J connectivity index is 1.49. The molecule has 0 saturated carbocycles. The van der Waals surface area contributed by atoms with Crippen molar-refractivity contribution >= 4 is 44.1 Å². The molecule has 2 nitrogen and oxygen atoms in total. The quantitative estimate of drug-likeness (QED) is 0.252. The van der Waals surface area contributed by atoms with Gasteiger partial charge in [0.25, 0.3) is 0 Å². The van der Waals surface area contributed by atoms with Gasteiger partial charge < -0.3 is 0 Å². The highest BCUT2D eigenvalue weighted by Crippen LogP contribution is 2.37. The lowest BCUT2D eigenvalue weighted by Crippen LogP contribution is -1.87. The van der Waals surface area contributed by atoms with Crippen molar-refractivity contribution in [3.8, 4) is 10.4 Å². The molecular weight excluding hydrogens is 368 g/mol. The van der Waals surface area contributed by atoms with Crippen LogP contribution in [0.5, 0.6) is 0 Å². The lowest BCUT2D eigenvalue weighted by atomic mass is 10.1. The van der Waals surface area contributed by atoms with E-state index in [0.717, 1.165) is 21.0 Å². The summed E-state index contributed by atoms with van der Waals surface area (Å²) in [7, 11) is 0. The molecule has 0 saturated heterocycles. The van der Waals surface area contributed by atoms with Crippen molar-refractivity contribution in [2.75, 3.05) is 0 Å². The van der Waals surface area contributed by atoms with Crippen LogP contribution in [0, 0.1) is 0 Å². The molecule has 4 heteroatoms. The molecule has 0 atom stereocenters. The van der Waals surface area contributed by atoms with Gasteiger partial charge in [-0.15, -0.1) is 23.1 Å². The van der Waals surface area contributed by atoms with Crippen LogP contribution in [0.4, 0.5) is 0 Å². The molecular formula is C23H16N2S2. The SMILES string of the molecule is c1ccc(-c2cc3c(SCc4cccc5ccccc45)ncnc3s2)cc1. The van der Waals surface area contributed by atoms with E-state index in [-0.39, 0.29) is 0 Å². The van der Waals surface area contributed by atoms with Crippen molar-refractivity contribution in [1.29, 1.82) is 0 Å². The lowest BCUT2D eigenvalue weighted by molar-refractivity contribution is 1.11. The van der Waals surface area contributed by atoms with Crippen molar-refractivity contribution in [3.63, 3.8) is 0 Å². The minimum atomic E-state index is 0.893. The first-order valence-corrected chi connectivity index (χ1v) is 10.6. The summed E-state index contributed by atoms with van der Waals surface area (Å²) < 4.78 is 0. The predicted octanol–water partition coefficient (Wildman–Crippen LogP) is 6.80. The van der Waals surface area contributed by atoms with E-state index >= 15 is 0 Å². The van der Waals surface area contributed by atoms with Crippen molar-refractivity contribution in [1.82, 2.24) is 9.97 Å². The maximum atomic E-state index is 4.57. The molecule has 5 rings (SSSR count). The minimum Gasteiger partial charge on any atom is -0.229 e. The minimum absolute atomic E-state index is 0.893.